The van der Waals surface area contributed by atoms with E-state index in [4.69, 9.17) is 9.52 Å². The highest BCUT2D eigenvalue weighted by Gasteiger charge is 2.67. The van der Waals surface area contributed by atoms with Crippen LogP contribution < -0.4 is 4.90 Å². The van der Waals surface area contributed by atoms with Crippen LogP contribution >= 0.6 is 0 Å². The quantitative estimate of drug-likeness (QED) is 0.847. The summed E-state index contributed by atoms with van der Waals surface area (Å²) >= 11 is 0. The second-order valence-electron chi connectivity index (χ2n) is 9.58. The Morgan fingerprint density at radius 3 is 2.69 bits per heavy atom. The van der Waals surface area contributed by atoms with Crippen LogP contribution in [0.5, 0.6) is 0 Å². The van der Waals surface area contributed by atoms with Gasteiger partial charge >= 0.3 is 0 Å². The molecule has 156 valence electrons. The van der Waals surface area contributed by atoms with Gasteiger partial charge in [0.2, 0.25) is 5.91 Å². The SMILES string of the molecule is CC1(C)C[C@]2(C(=O)N3CCN(CCO)CC3)CN(c3nc4ccccc4o3)C[C@H]12. The number of fused-ring (bicyclic) bond motifs is 2. The number of para-hydroxylation sites is 2. The monoisotopic (exact) mass is 398 g/mol. The molecule has 1 N–H and O–H groups in total. The molecule has 3 heterocycles. The third-order valence-corrected chi connectivity index (χ3v) is 7.31. The summed E-state index contributed by atoms with van der Waals surface area (Å²) in [5.74, 6) is 0.608. The van der Waals surface area contributed by atoms with E-state index in [1.807, 2.05) is 29.2 Å². The molecule has 2 aliphatic heterocycles. The van der Waals surface area contributed by atoms with E-state index in [1.165, 1.54) is 0 Å². The Balaban J connectivity index is 1.36. The van der Waals surface area contributed by atoms with Crippen molar-refractivity contribution in [2.24, 2.45) is 16.7 Å². The van der Waals surface area contributed by atoms with Gasteiger partial charge in [0, 0.05) is 45.8 Å². The summed E-state index contributed by atoms with van der Waals surface area (Å²) in [5, 5.41) is 9.16. The predicted octanol–water partition coefficient (Wildman–Crippen LogP) is 1.82. The molecule has 1 amide bonds. The molecule has 2 atom stereocenters. The van der Waals surface area contributed by atoms with E-state index in [1.54, 1.807) is 0 Å². The third kappa shape index (κ3) is 2.94. The maximum atomic E-state index is 13.7. The Labute approximate surface area is 171 Å². The lowest BCUT2D eigenvalue weighted by molar-refractivity contribution is -0.165. The molecule has 5 rings (SSSR count). The van der Waals surface area contributed by atoms with E-state index in [0.29, 0.717) is 30.9 Å². The number of hydrogen-bond donors (Lipinski definition) is 1. The topological polar surface area (TPSA) is 73.1 Å². The van der Waals surface area contributed by atoms with Crippen molar-refractivity contribution in [3.05, 3.63) is 24.3 Å². The van der Waals surface area contributed by atoms with Gasteiger partial charge in [-0.1, -0.05) is 26.0 Å². The largest absolute Gasteiger partial charge is 0.423 e. The number of anilines is 1. The van der Waals surface area contributed by atoms with E-state index < -0.39 is 0 Å². The fourth-order valence-electron chi connectivity index (χ4n) is 5.95. The highest BCUT2D eigenvalue weighted by Crippen LogP contribution is 2.63. The molecular weight excluding hydrogens is 368 g/mol. The molecule has 1 aromatic carbocycles. The van der Waals surface area contributed by atoms with E-state index in [2.05, 4.69) is 28.6 Å². The number of benzene rings is 1. The Morgan fingerprint density at radius 1 is 1.24 bits per heavy atom. The maximum Gasteiger partial charge on any atom is 0.298 e. The van der Waals surface area contributed by atoms with Crippen LogP contribution in [0.4, 0.5) is 6.01 Å². The van der Waals surface area contributed by atoms with Crippen molar-refractivity contribution in [2.45, 2.75) is 20.3 Å². The number of aliphatic hydroxyl groups excluding tert-OH is 1. The van der Waals surface area contributed by atoms with Crippen LogP contribution in [0.2, 0.25) is 0 Å². The maximum absolute atomic E-state index is 13.7. The van der Waals surface area contributed by atoms with Gasteiger partial charge in [-0.25, -0.2) is 0 Å². The first-order valence-corrected chi connectivity index (χ1v) is 10.7. The zero-order valence-electron chi connectivity index (χ0n) is 17.3. The summed E-state index contributed by atoms with van der Waals surface area (Å²) in [6.45, 7) is 10.1. The van der Waals surface area contributed by atoms with Crippen LogP contribution in [0.25, 0.3) is 11.1 Å². The van der Waals surface area contributed by atoms with Gasteiger partial charge in [-0.2, -0.15) is 4.98 Å². The Kier molecular flexibility index (Phi) is 4.37. The smallest absolute Gasteiger partial charge is 0.298 e. The fraction of sp³-hybridized carbons (Fsp3) is 0.636. The molecule has 7 heteroatoms. The van der Waals surface area contributed by atoms with Crippen molar-refractivity contribution >= 4 is 23.0 Å². The van der Waals surface area contributed by atoms with Gasteiger partial charge in [-0.05, 0) is 29.9 Å². The molecule has 3 aliphatic rings. The molecule has 3 fully saturated rings. The standard InChI is InChI=1S/C22H30N4O3/c1-21(2)14-22(19(28)25-9-7-24(8-10-25)11-12-27)15-26(13-18(21)22)20-23-16-5-3-4-6-17(16)29-20/h3-6,18,27H,7-15H2,1-2H3/t18-,22+/m1/s1. The number of hydrogen-bond acceptors (Lipinski definition) is 6. The van der Waals surface area contributed by atoms with Crippen LogP contribution in [-0.4, -0.2) is 78.2 Å². The number of β-amino-alcohol motifs (C(OH)–C–C–N with tert-alkyl or cyclic N) is 1. The molecule has 2 aromatic rings. The van der Waals surface area contributed by atoms with Crippen molar-refractivity contribution in [2.75, 3.05) is 57.3 Å². The van der Waals surface area contributed by atoms with Gasteiger partial charge in [0.1, 0.15) is 5.52 Å². The van der Waals surface area contributed by atoms with Crippen molar-refractivity contribution in [1.82, 2.24) is 14.8 Å². The van der Waals surface area contributed by atoms with E-state index in [0.717, 1.165) is 50.2 Å². The minimum atomic E-state index is -0.330. The number of amides is 1. The average Bonchev–Trinajstić information content (AvgIpc) is 3.28. The summed E-state index contributed by atoms with van der Waals surface area (Å²) in [5.41, 5.74) is 1.47. The number of rotatable bonds is 4. The molecule has 1 aromatic heterocycles. The highest BCUT2D eigenvalue weighted by atomic mass is 16.4. The number of piperazine rings is 1. The number of nitrogens with zero attached hydrogens (tertiary/aromatic N) is 4. The molecule has 2 saturated heterocycles. The number of carbonyl (C=O) groups is 1. The van der Waals surface area contributed by atoms with Crippen LogP contribution in [0.1, 0.15) is 20.3 Å². The third-order valence-electron chi connectivity index (χ3n) is 7.31. The molecule has 0 radical (unpaired) electrons. The second-order valence-corrected chi connectivity index (χ2v) is 9.58. The van der Waals surface area contributed by atoms with E-state index in [-0.39, 0.29) is 17.4 Å². The van der Waals surface area contributed by atoms with E-state index in [9.17, 15) is 4.79 Å². The molecule has 1 aliphatic carbocycles. The van der Waals surface area contributed by atoms with Crippen LogP contribution in [0.3, 0.4) is 0 Å². The predicted molar refractivity (Wildman–Crippen MR) is 111 cm³/mol. The van der Waals surface area contributed by atoms with Gasteiger partial charge < -0.3 is 19.3 Å². The van der Waals surface area contributed by atoms with Crippen LogP contribution in [0, 0.1) is 16.7 Å². The average molecular weight is 399 g/mol. The first kappa shape index (κ1) is 18.9. The Morgan fingerprint density at radius 2 is 2.00 bits per heavy atom. The van der Waals surface area contributed by atoms with Crippen LogP contribution in [0.15, 0.2) is 28.7 Å². The normalized spacial score (nSPS) is 29.1. The fourth-order valence-corrected chi connectivity index (χ4v) is 5.95. The molecule has 0 unspecified atom stereocenters. The first-order valence-electron chi connectivity index (χ1n) is 10.7. The summed E-state index contributed by atoms with van der Waals surface area (Å²) in [6.07, 6.45) is 0.914. The van der Waals surface area contributed by atoms with E-state index >= 15 is 0 Å². The zero-order valence-corrected chi connectivity index (χ0v) is 17.3. The summed E-state index contributed by atoms with van der Waals surface area (Å²) < 4.78 is 6.02. The van der Waals surface area contributed by atoms with Gasteiger partial charge in [-0.15, -0.1) is 0 Å². The molecule has 0 bridgehead atoms. The minimum Gasteiger partial charge on any atom is -0.423 e. The Bertz CT molecular complexity index is 885. The van der Waals surface area contributed by atoms with Gasteiger partial charge in [-0.3, -0.25) is 9.69 Å². The molecule has 29 heavy (non-hydrogen) atoms. The number of oxazole rings is 1. The number of aliphatic hydroxyl groups is 1. The summed E-state index contributed by atoms with van der Waals surface area (Å²) in [6, 6.07) is 8.45. The Hall–Kier alpha value is -2.12. The lowest BCUT2D eigenvalue weighted by Gasteiger charge is -2.56. The van der Waals surface area contributed by atoms with Crippen molar-refractivity contribution in [3.8, 4) is 0 Å². The van der Waals surface area contributed by atoms with Crippen molar-refractivity contribution in [1.29, 1.82) is 0 Å². The zero-order chi connectivity index (χ0) is 20.2. The summed E-state index contributed by atoms with van der Waals surface area (Å²) in [4.78, 5) is 24.8. The number of aromatic nitrogens is 1. The molecule has 7 nitrogen and oxygen atoms in total. The second kappa shape index (κ2) is 6.71. The van der Waals surface area contributed by atoms with Gasteiger partial charge in [0.15, 0.2) is 5.58 Å². The van der Waals surface area contributed by atoms with Crippen molar-refractivity contribution in [3.63, 3.8) is 0 Å². The lowest BCUT2D eigenvalue weighted by Crippen LogP contribution is -2.63. The van der Waals surface area contributed by atoms with Gasteiger partial charge in [0.25, 0.3) is 6.01 Å². The summed E-state index contributed by atoms with van der Waals surface area (Å²) in [7, 11) is 0. The van der Waals surface area contributed by atoms with Crippen LogP contribution in [-0.2, 0) is 4.79 Å². The minimum absolute atomic E-state index is 0.148. The van der Waals surface area contributed by atoms with Gasteiger partial charge in [0.05, 0.1) is 12.0 Å². The van der Waals surface area contributed by atoms with Crippen molar-refractivity contribution < 1.29 is 14.3 Å². The molecular formula is C22H30N4O3. The molecule has 1 saturated carbocycles. The number of carbonyl (C=O) groups excluding carboxylic acids is 1. The lowest BCUT2D eigenvalue weighted by atomic mass is 9.47. The molecule has 0 spiro atoms. The first-order chi connectivity index (χ1) is 13.9. The highest BCUT2D eigenvalue weighted by molar-refractivity contribution is 5.86.